The second-order valence-electron chi connectivity index (χ2n) is 8.03. The highest BCUT2D eigenvalue weighted by molar-refractivity contribution is 7.16. The van der Waals surface area contributed by atoms with E-state index < -0.39 is 0 Å². The Morgan fingerprint density at radius 3 is 3.00 bits per heavy atom. The van der Waals surface area contributed by atoms with Gasteiger partial charge in [0.25, 0.3) is 5.91 Å². The molecule has 154 valence electrons. The number of piperidine rings is 3. The van der Waals surface area contributed by atoms with Crippen molar-refractivity contribution in [2.75, 3.05) is 26.2 Å². The summed E-state index contributed by atoms with van der Waals surface area (Å²) in [5.74, 6) is 1.50. The Labute approximate surface area is 182 Å². The Morgan fingerprint density at radius 2 is 2.11 bits per heavy atom. The fourth-order valence-corrected chi connectivity index (χ4v) is 6.06. The van der Waals surface area contributed by atoms with Gasteiger partial charge >= 0.3 is 0 Å². The van der Waals surface area contributed by atoms with Gasteiger partial charge in [0.15, 0.2) is 0 Å². The van der Waals surface area contributed by atoms with Gasteiger partial charge in [-0.05, 0) is 68.9 Å². The predicted molar refractivity (Wildman–Crippen MR) is 119 cm³/mol. The summed E-state index contributed by atoms with van der Waals surface area (Å²) in [6.45, 7) is 4.22. The number of rotatable bonds is 3. The maximum absolute atomic E-state index is 12.7. The predicted octanol–water partition coefficient (Wildman–Crippen LogP) is 3.33. The molecule has 2 aromatic rings. The molecule has 1 aromatic carbocycles. The van der Waals surface area contributed by atoms with E-state index in [9.17, 15) is 4.79 Å². The smallest absolute Gasteiger partial charge is 0.251 e. The van der Waals surface area contributed by atoms with E-state index >= 15 is 0 Å². The van der Waals surface area contributed by atoms with Crippen LogP contribution in [0.2, 0.25) is 0 Å². The lowest BCUT2D eigenvalue weighted by atomic mass is 9.73. The number of thiazole rings is 1. The molecule has 2 N–H and O–H groups in total. The minimum absolute atomic E-state index is 0. The zero-order valence-corrected chi connectivity index (χ0v) is 18.3. The van der Waals surface area contributed by atoms with Crippen molar-refractivity contribution < 1.29 is 4.79 Å². The van der Waals surface area contributed by atoms with E-state index in [1.165, 1.54) is 38.8 Å². The molecule has 3 aliphatic rings. The van der Waals surface area contributed by atoms with Gasteiger partial charge in [-0.2, -0.15) is 0 Å². The van der Waals surface area contributed by atoms with Gasteiger partial charge in [0, 0.05) is 24.2 Å². The van der Waals surface area contributed by atoms with Crippen LogP contribution in [0.3, 0.4) is 0 Å². The van der Waals surface area contributed by atoms with Gasteiger partial charge in [-0.15, -0.1) is 36.2 Å². The topological polar surface area (TPSA) is 57.3 Å². The van der Waals surface area contributed by atoms with Crippen molar-refractivity contribution in [1.82, 2.24) is 20.5 Å². The number of hydrogen-bond acceptors (Lipinski definition) is 5. The number of hydrogen-bond donors (Lipinski definition) is 2. The molecule has 3 aliphatic heterocycles. The Kier molecular flexibility index (Phi) is 7.21. The lowest BCUT2D eigenvalue weighted by Gasteiger charge is -2.55. The van der Waals surface area contributed by atoms with Crippen LogP contribution >= 0.6 is 36.2 Å². The lowest BCUT2D eigenvalue weighted by molar-refractivity contribution is -0.0371. The summed E-state index contributed by atoms with van der Waals surface area (Å²) < 4.78 is 1.07. The molecule has 0 aliphatic carbocycles. The van der Waals surface area contributed by atoms with Crippen LogP contribution in [-0.2, 0) is 0 Å². The Balaban J connectivity index is 0.00000112. The molecule has 5 nitrogen and oxygen atoms in total. The van der Waals surface area contributed by atoms with E-state index in [-0.39, 0.29) is 30.7 Å². The van der Waals surface area contributed by atoms with Gasteiger partial charge in [-0.1, -0.05) is 6.42 Å². The third kappa shape index (κ3) is 4.03. The van der Waals surface area contributed by atoms with E-state index in [1.54, 1.807) is 11.3 Å². The van der Waals surface area contributed by atoms with Gasteiger partial charge in [0.05, 0.1) is 15.7 Å². The molecule has 3 fully saturated rings. The molecule has 0 spiro atoms. The van der Waals surface area contributed by atoms with Gasteiger partial charge in [0.2, 0.25) is 0 Å². The maximum Gasteiger partial charge on any atom is 0.251 e. The molecular weight excluding hydrogens is 415 g/mol. The molecule has 0 unspecified atom stereocenters. The first kappa shape index (κ1) is 21.8. The molecule has 0 radical (unpaired) electrons. The maximum atomic E-state index is 12.7. The van der Waals surface area contributed by atoms with Crippen molar-refractivity contribution in [2.24, 2.45) is 11.8 Å². The van der Waals surface area contributed by atoms with Gasteiger partial charge in [0.1, 0.15) is 0 Å². The van der Waals surface area contributed by atoms with Gasteiger partial charge in [-0.3, -0.25) is 9.69 Å². The average Bonchev–Trinajstić information content (AvgIpc) is 3.16. The van der Waals surface area contributed by atoms with Crippen LogP contribution in [0.4, 0.5) is 0 Å². The Bertz CT molecular complexity index is 816. The standard InChI is InChI=1S/C20H26N4OS.2ClH/c25-20(13-4-5-16-19(8-13)26-12-23-16)22-11-18-15-7-14(9-21-10-15)17-3-1-2-6-24(17)18;;/h4-5,8,12,14-15,17-18,21H,1-3,6-7,9-11H2,(H,22,25);2*1H/t14-,15+,17+,18+;;/m1../s1. The zero-order chi connectivity index (χ0) is 17.5. The first-order chi connectivity index (χ1) is 12.8. The quantitative estimate of drug-likeness (QED) is 0.764. The van der Waals surface area contributed by atoms with Crippen molar-refractivity contribution in [1.29, 1.82) is 0 Å². The van der Waals surface area contributed by atoms with Crippen molar-refractivity contribution in [2.45, 2.75) is 37.8 Å². The zero-order valence-electron chi connectivity index (χ0n) is 15.8. The molecule has 2 bridgehead atoms. The average molecular weight is 443 g/mol. The molecule has 3 saturated heterocycles. The summed E-state index contributed by atoms with van der Waals surface area (Å²) in [6.07, 6.45) is 5.30. The summed E-state index contributed by atoms with van der Waals surface area (Å²) in [5, 5.41) is 6.88. The molecule has 8 heteroatoms. The first-order valence-electron chi connectivity index (χ1n) is 9.87. The third-order valence-electron chi connectivity index (χ3n) is 6.59. The second-order valence-corrected chi connectivity index (χ2v) is 8.91. The van der Waals surface area contributed by atoms with Crippen LogP contribution in [0.15, 0.2) is 23.7 Å². The van der Waals surface area contributed by atoms with E-state index in [1.807, 2.05) is 23.7 Å². The number of aromatic nitrogens is 1. The number of nitrogens with zero attached hydrogens (tertiary/aromatic N) is 2. The number of carbonyl (C=O) groups is 1. The molecule has 5 rings (SSSR count). The summed E-state index contributed by atoms with van der Waals surface area (Å²) in [5.41, 5.74) is 3.54. The minimum Gasteiger partial charge on any atom is -0.350 e. The van der Waals surface area contributed by atoms with Crippen molar-refractivity contribution in [3.8, 4) is 0 Å². The first-order valence-corrected chi connectivity index (χ1v) is 10.8. The van der Waals surface area contributed by atoms with E-state index in [0.29, 0.717) is 18.0 Å². The number of nitrogens with one attached hydrogen (secondary N) is 2. The molecular formula is C20H28Cl2N4OS. The second kappa shape index (κ2) is 9.26. The van der Waals surface area contributed by atoms with Gasteiger partial charge in [-0.25, -0.2) is 4.98 Å². The summed E-state index contributed by atoms with van der Waals surface area (Å²) >= 11 is 1.58. The highest BCUT2D eigenvalue weighted by Crippen LogP contribution is 2.38. The lowest BCUT2D eigenvalue weighted by Crippen LogP contribution is -2.65. The summed E-state index contributed by atoms with van der Waals surface area (Å²) in [4.78, 5) is 19.7. The van der Waals surface area contributed by atoms with E-state index in [2.05, 4.69) is 20.5 Å². The van der Waals surface area contributed by atoms with Gasteiger partial charge < -0.3 is 10.6 Å². The van der Waals surface area contributed by atoms with Crippen LogP contribution in [-0.4, -0.2) is 54.1 Å². The number of fused-ring (bicyclic) bond motifs is 5. The monoisotopic (exact) mass is 442 g/mol. The SMILES string of the molecule is Cl.Cl.O=C(NC[C@H]1[C@@H]2CNC[C@@H](C2)[C@@H]2CCCCN21)c1ccc2ncsc2c1. The molecule has 28 heavy (non-hydrogen) atoms. The Hall–Kier alpha value is -0.920. The number of halogens is 2. The van der Waals surface area contributed by atoms with Crippen LogP contribution in [0, 0.1) is 11.8 Å². The van der Waals surface area contributed by atoms with Crippen LogP contribution in [0.25, 0.3) is 10.2 Å². The number of amides is 1. The van der Waals surface area contributed by atoms with Crippen molar-refractivity contribution in [3.05, 3.63) is 29.3 Å². The van der Waals surface area contributed by atoms with Crippen LogP contribution in [0.1, 0.15) is 36.0 Å². The van der Waals surface area contributed by atoms with E-state index in [4.69, 9.17) is 0 Å². The minimum atomic E-state index is 0. The fraction of sp³-hybridized carbons (Fsp3) is 0.600. The summed E-state index contributed by atoms with van der Waals surface area (Å²) in [6, 6.07) is 6.98. The normalized spacial score (nSPS) is 29.3. The van der Waals surface area contributed by atoms with Crippen molar-refractivity contribution >= 4 is 52.3 Å². The molecule has 0 saturated carbocycles. The highest BCUT2D eigenvalue weighted by atomic mass is 35.5. The number of benzene rings is 1. The Morgan fingerprint density at radius 1 is 1.25 bits per heavy atom. The van der Waals surface area contributed by atoms with Crippen molar-refractivity contribution in [3.63, 3.8) is 0 Å². The molecule has 4 atom stereocenters. The number of carbonyl (C=O) groups excluding carboxylic acids is 1. The fourth-order valence-electron chi connectivity index (χ4n) is 5.34. The van der Waals surface area contributed by atoms with E-state index in [0.717, 1.165) is 34.8 Å². The molecule has 1 amide bonds. The third-order valence-corrected chi connectivity index (χ3v) is 7.38. The highest BCUT2D eigenvalue weighted by Gasteiger charge is 2.45. The van der Waals surface area contributed by atoms with Crippen LogP contribution < -0.4 is 10.6 Å². The summed E-state index contributed by atoms with van der Waals surface area (Å²) in [7, 11) is 0. The van der Waals surface area contributed by atoms with Crippen LogP contribution in [0.5, 0.6) is 0 Å². The molecule has 4 heterocycles. The largest absolute Gasteiger partial charge is 0.350 e. The molecule has 1 aromatic heterocycles.